The molecular formula is C18H22N6O3S. The summed E-state index contributed by atoms with van der Waals surface area (Å²) in [6.45, 7) is 1.94. The average molecular weight is 402 g/mol. The van der Waals surface area contributed by atoms with Crippen LogP contribution in [0.2, 0.25) is 0 Å². The lowest BCUT2D eigenvalue weighted by Gasteiger charge is -2.26. The Kier molecular flexibility index (Phi) is 5.90. The zero-order valence-corrected chi connectivity index (χ0v) is 16.4. The van der Waals surface area contributed by atoms with Gasteiger partial charge in [-0.15, -0.1) is 15.0 Å². The number of hydrogen-bond donors (Lipinski definition) is 3. The number of nitrogens with one attached hydrogen (secondary N) is 1. The predicted octanol–water partition coefficient (Wildman–Crippen LogP) is 1.87. The van der Waals surface area contributed by atoms with E-state index in [0.29, 0.717) is 28.0 Å². The number of phenolic OH excluding ortho intramolecular Hbond substituents is 1. The molecule has 3 rings (SSSR count). The Morgan fingerprint density at radius 3 is 2.46 bits per heavy atom. The predicted molar refractivity (Wildman–Crippen MR) is 106 cm³/mol. The number of benzene rings is 2. The molecular weight excluding hydrogens is 380 g/mol. The van der Waals surface area contributed by atoms with Crippen LogP contribution in [-0.4, -0.2) is 47.7 Å². The summed E-state index contributed by atoms with van der Waals surface area (Å²) in [4.78, 5) is 14.9. The van der Waals surface area contributed by atoms with Gasteiger partial charge in [-0.05, 0) is 36.8 Å². The van der Waals surface area contributed by atoms with Gasteiger partial charge in [0, 0.05) is 11.9 Å². The van der Waals surface area contributed by atoms with Crippen LogP contribution < -0.4 is 11.3 Å². The summed E-state index contributed by atoms with van der Waals surface area (Å²) in [5.74, 6) is 5.08. The summed E-state index contributed by atoms with van der Waals surface area (Å²) in [6.07, 6.45) is 1.25. The van der Waals surface area contributed by atoms with Crippen LogP contribution in [0.15, 0.2) is 47.4 Å². The van der Waals surface area contributed by atoms with Crippen molar-refractivity contribution >= 4 is 27.9 Å². The number of amides is 2. The highest BCUT2D eigenvalue weighted by atomic mass is 32.2. The maximum atomic E-state index is 13.0. The second-order valence-corrected chi connectivity index (χ2v) is 7.84. The van der Waals surface area contributed by atoms with E-state index in [2.05, 4.69) is 10.2 Å². The first-order chi connectivity index (χ1) is 13.5. The first-order valence-electron chi connectivity index (χ1n) is 8.75. The number of phenols is 1. The van der Waals surface area contributed by atoms with Crippen molar-refractivity contribution in [1.29, 1.82) is 0 Å². The van der Waals surface area contributed by atoms with Crippen molar-refractivity contribution in [1.82, 2.24) is 25.3 Å². The maximum absolute atomic E-state index is 13.0. The average Bonchev–Trinajstić information content (AvgIpc) is 3.14. The maximum Gasteiger partial charge on any atom is 0.332 e. The van der Waals surface area contributed by atoms with E-state index in [1.54, 1.807) is 12.1 Å². The van der Waals surface area contributed by atoms with E-state index in [-0.39, 0.29) is 5.75 Å². The summed E-state index contributed by atoms with van der Waals surface area (Å²) in [5.41, 5.74) is 3.82. The van der Waals surface area contributed by atoms with Crippen molar-refractivity contribution in [3.05, 3.63) is 42.5 Å². The van der Waals surface area contributed by atoms with E-state index < -0.39 is 22.2 Å². The van der Waals surface area contributed by atoms with Crippen molar-refractivity contribution in [3.63, 3.8) is 0 Å². The molecule has 0 radical (unpaired) electrons. The van der Waals surface area contributed by atoms with Gasteiger partial charge in [-0.3, -0.25) is 9.63 Å². The number of fused-ring (bicyclic) bond motifs is 1. The summed E-state index contributed by atoms with van der Waals surface area (Å²) < 4.78 is 13.0. The fraction of sp³-hybridized carbons (Fsp3) is 0.278. The van der Waals surface area contributed by atoms with Crippen molar-refractivity contribution < 1.29 is 14.1 Å². The quantitative estimate of drug-likeness (QED) is 0.328. The molecule has 0 aliphatic heterocycles. The molecule has 2 aromatic carbocycles. The van der Waals surface area contributed by atoms with Crippen LogP contribution in [0.5, 0.6) is 5.75 Å². The summed E-state index contributed by atoms with van der Waals surface area (Å²) in [5, 5.41) is 18.6. The number of nitrogens with zero attached hydrogens (tertiary/aromatic N) is 4. The SMILES string of the molecule is CCCC(N(C)C(=O)NN)S(=O)c1ccc(-n2nc3ccccc3n2)c(O)c1. The van der Waals surface area contributed by atoms with Crippen LogP contribution >= 0.6 is 0 Å². The summed E-state index contributed by atoms with van der Waals surface area (Å²) in [6, 6.07) is 11.5. The molecule has 10 heteroatoms. The van der Waals surface area contributed by atoms with Gasteiger partial charge in [0.2, 0.25) is 0 Å². The van der Waals surface area contributed by atoms with Crippen LogP contribution in [-0.2, 0) is 10.8 Å². The van der Waals surface area contributed by atoms with Gasteiger partial charge in [0.25, 0.3) is 0 Å². The Balaban J connectivity index is 1.91. The molecule has 0 saturated carbocycles. The van der Waals surface area contributed by atoms with Crippen molar-refractivity contribution in [2.45, 2.75) is 30.0 Å². The van der Waals surface area contributed by atoms with E-state index in [4.69, 9.17) is 5.84 Å². The van der Waals surface area contributed by atoms with E-state index in [1.807, 2.05) is 36.6 Å². The number of hydrazine groups is 1. The smallest absolute Gasteiger partial charge is 0.332 e. The third-order valence-electron chi connectivity index (χ3n) is 4.34. The van der Waals surface area contributed by atoms with Gasteiger partial charge in [0.15, 0.2) is 0 Å². The van der Waals surface area contributed by atoms with Gasteiger partial charge in [-0.1, -0.05) is 25.5 Å². The van der Waals surface area contributed by atoms with Crippen molar-refractivity contribution in [2.75, 3.05) is 7.05 Å². The summed E-state index contributed by atoms with van der Waals surface area (Å²) >= 11 is 0. The number of aromatic nitrogens is 3. The molecule has 0 saturated heterocycles. The molecule has 0 aliphatic rings. The largest absolute Gasteiger partial charge is 0.506 e. The van der Waals surface area contributed by atoms with Gasteiger partial charge < -0.3 is 10.0 Å². The molecule has 1 aromatic heterocycles. The molecule has 9 nitrogen and oxygen atoms in total. The molecule has 2 atom stereocenters. The first kappa shape index (κ1) is 19.8. The fourth-order valence-electron chi connectivity index (χ4n) is 2.85. The molecule has 1 heterocycles. The Hall–Kier alpha value is -2.98. The highest BCUT2D eigenvalue weighted by Gasteiger charge is 2.26. The molecule has 0 bridgehead atoms. The molecule has 0 fully saturated rings. The number of aromatic hydroxyl groups is 1. The van der Waals surface area contributed by atoms with Crippen molar-refractivity contribution in [2.24, 2.45) is 5.84 Å². The van der Waals surface area contributed by atoms with Crippen LogP contribution in [0.4, 0.5) is 4.79 Å². The highest BCUT2D eigenvalue weighted by Crippen LogP contribution is 2.27. The van der Waals surface area contributed by atoms with Gasteiger partial charge in [0.1, 0.15) is 27.8 Å². The lowest BCUT2D eigenvalue weighted by atomic mass is 10.3. The standard InChI is InChI=1S/C18H22N6O3S/c1-3-6-17(23(2)18(26)20-19)28(27)12-9-10-15(16(25)11-12)24-21-13-7-4-5-8-14(13)22-24/h4-5,7-11,17,25H,3,6,19H2,1-2H3,(H,20,26). The monoisotopic (exact) mass is 402 g/mol. The molecule has 2 amide bonds. The Labute approximate surface area is 164 Å². The minimum absolute atomic E-state index is 0.104. The van der Waals surface area contributed by atoms with Crippen LogP contribution in [0.3, 0.4) is 0 Å². The molecule has 2 unspecified atom stereocenters. The van der Waals surface area contributed by atoms with Crippen molar-refractivity contribution in [3.8, 4) is 11.4 Å². The molecule has 3 aromatic rings. The Morgan fingerprint density at radius 2 is 1.93 bits per heavy atom. The normalized spacial score (nSPS) is 13.2. The van der Waals surface area contributed by atoms with E-state index in [9.17, 15) is 14.1 Å². The first-order valence-corrected chi connectivity index (χ1v) is 9.97. The van der Waals surface area contributed by atoms with Crippen LogP contribution in [0.1, 0.15) is 19.8 Å². The lowest BCUT2D eigenvalue weighted by molar-refractivity contribution is 0.203. The number of carbonyl (C=O) groups is 1. The number of nitrogens with two attached hydrogens (primary N) is 1. The number of hydrogen-bond acceptors (Lipinski definition) is 6. The second-order valence-electron chi connectivity index (χ2n) is 6.23. The lowest BCUT2D eigenvalue weighted by Crippen LogP contribution is -2.47. The second kappa shape index (κ2) is 8.36. The third kappa shape index (κ3) is 3.82. The molecule has 0 aliphatic carbocycles. The van der Waals surface area contributed by atoms with E-state index in [0.717, 1.165) is 6.42 Å². The highest BCUT2D eigenvalue weighted by molar-refractivity contribution is 7.85. The minimum Gasteiger partial charge on any atom is -0.506 e. The number of urea groups is 1. The number of carbonyl (C=O) groups excluding carboxylic acids is 1. The van der Waals surface area contributed by atoms with E-state index in [1.165, 1.54) is 22.8 Å². The van der Waals surface area contributed by atoms with Gasteiger partial charge in [0.05, 0.1) is 10.8 Å². The van der Waals surface area contributed by atoms with Gasteiger partial charge in [-0.25, -0.2) is 10.6 Å². The molecule has 28 heavy (non-hydrogen) atoms. The zero-order chi connectivity index (χ0) is 20.3. The van der Waals surface area contributed by atoms with Crippen LogP contribution in [0, 0.1) is 0 Å². The number of rotatable bonds is 6. The van der Waals surface area contributed by atoms with Gasteiger partial charge >= 0.3 is 6.03 Å². The zero-order valence-electron chi connectivity index (χ0n) is 15.6. The molecule has 148 valence electrons. The molecule has 0 spiro atoms. The Morgan fingerprint density at radius 1 is 1.29 bits per heavy atom. The minimum atomic E-state index is -1.56. The fourth-order valence-corrected chi connectivity index (χ4v) is 4.42. The van der Waals surface area contributed by atoms with Gasteiger partial charge in [-0.2, -0.15) is 0 Å². The molecule has 4 N–H and O–H groups in total. The van der Waals surface area contributed by atoms with E-state index >= 15 is 0 Å². The third-order valence-corrected chi connectivity index (χ3v) is 6.10. The topological polar surface area (TPSA) is 126 Å². The summed E-state index contributed by atoms with van der Waals surface area (Å²) in [7, 11) is -0.0280. The van der Waals surface area contributed by atoms with Crippen LogP contribution in [0.25, 0.3) is 16.7 Å². The Bertz CT molecular complexity index is 988.